The van der Waals surface area contributed by atoms with E-state index in [2.05, 4.69) is 34.3 Å². The second-order valence-electron chi connectivity index (χ2n) is 2.90. The van der Waals surface area contributed by atoms with Crippen LogP contribution in [-0.4, -0.2) is 0 Å². The van der Waals surface area contributed by atoms with E-state index in [0.29, 0.717) is 0 Å². The van der Waals surface area contributed by atoms with E-state index in [9.17, 15) is 0 Å². The van der Waals surface area contributed by atoms with Crippen LogP contribution in [0.15, 0.2) is 12.7 Å². The van der Waals surface area contributed by atoms with E-state index in [-0.39, 0.29) is 0 Å². The highest BCUT2D eigenvalue weighted by atomic mass is 14.0. The van der Waals surface area contributed by atoms with Crippen LogP contribution in [0, 0.1) is 11.8 Å². The summed E-state index contributed by atoms with van der Waals surface area (Å²) in [5.41, 5.74) is 0. The van der Waals surface area contributed by atoms with Crippen LogP contribution in [0.2, 0.25) is 0 Å². The first-order chi connectivity index (χ1) is 7.06. The van der Waals surface area contributed by atoms with Gasteiger partial charge in [-0.05, 0) is 18.8 Å². The molecule has 0 unspecified atom stereocenters. The molecule has 0 aromatic rings. The van der Waals surface area contributed by atoms with E-state index >= 15 is 0 Å². The lowest BCUT2D eigenvalue weighted by Crippen LogP contribution is -1.95. The van der Waals surface area contributed by atoms with Crippen LogP contribution in [0.3, 0.4) is 0 Å². The minimum atomic E-state index is 0.852. The summed E-state index contributed by atoms with van der Waals surface area (Å²) >= 11 is 0. The maximum Gasteiger partial charge on any atom is -0.0448 e. The third kappa shape index (κ3) is 135. The number of hydrogen-bond acceptors (Lipinski definition) is 0. The van der Waals surface area contributed by atoms with Gasteiger partial charge in [0.05, 0.1) is 0 Å². The zero-order valence-electron chi connectivity index (χ0n) is 13.4. The van der Waals surface area contributed by atoms with Crippen molar-refractivity contribution >= 4 is 0 Å². The van der Waals surface area contributed by atoms with Gasteiger partial charge in [0, 0.05) is 0 Å². The van der Waals surface area contributed by atoms with Crippen LogP contribution in [0.25, 0.3) is 0 Å². The highest BCUT2D eigenvalue weighted by molar-refractivity contribution is 4.51. The zero-order chi connectivity index (χ0) is 13.9. The zero-order valence-corrected chi connectivity index (χ0v) is 13.4. The third-order valence-electron chi connectivity index (χ3n) is 1.33. The molecule has 0 nitrogen and oxygen atoms in total. The first-order valence-electron chi connectivity index (χ1n) is 6.63. The number of allylic oxidation sites excluding steroid dienone is 1. The molecule has 98 valence electrons. The molecule has 0 rings (SSSR count). The van der Waals surface area contributed by atoms with Crippen molar-refractivity contribution in [3.8, 4) is 0 Å². The van der Waals surface area contributed by atoms with Crippen molar-refractivity contribution in [2.75, 3.05) is 0 Å². The number of hydrogen-bond donors (Lipinski definition) is 0. The van der Waals surface area contributed by atoms with E-state index in [0.717, 1.165) is 11.8 Å². The average molecular weight is 218 g/mol. The van der Waals surface area contributed by atoms with Gasteiger partial charge in [-0.15, -0.1) is 6.58 Å². The molecule has 15 heavy (non-hydrogen) atoms. The summed E-state index contributed by atoms with van der Waals surface area (Å²) in [5, 5.41) is 0. The maximum atomic E-state index is 3.36. The van der Waals surface area contributed by atoms with Crippen LogP contribution >= 0.6 is 0 Å². The second kappa shape index (κ2) is 49.1. The Balaban J connectivity index is -0.0000000318. The van der Waals surface area contributed by atoms with Gasteiger partial charge in [0.15, 0.2) is 0 Å². The van der Waals surface area contributed by atoms with E-state index in [1.165, 1.54) is 0 Å². The molecule has 0 amide bonds. The van der Waals surface area contributed by atoms with E-state index < -0.39 is 0 Å². The Morgan fingerprint density at radius 1 is 0.667 bits per heavy atom. The van der Waals surface area contributed by atoms with Gasteiger partial charge in [-0.1, -0.05) is 75.3 Å². The van der Waals surface area contributed by atoms with Crippen LogP contribution in [-0.2, 0) is 0 Å². The van der Waals surface area contributed by atoms with Gasteiger partial charge in [-0.3, -0.25) is 0 Å². The monoisotopic (exact) mass is 218 g/mol. The average Bonchev–Trinajstić information content (AvgIpc) is 2.27. The molecule has 0 heterocycles. The summed E-state index contributed by atoms with van der Waals surface area (Å²) < 4.78 is 0. The first kappa shape index (κ1) is 29.3. The molecule has 0 radical (unpaired) electrons. The molecule has 0 atom stereocenters. The summed E-state index contributed by atoms with van der Waals surface area (Å²) in [4.78, 5) is 0. The molecular formula is C15H38. The van der Waals surface area contributed by atoms with Gasteiger partial charge in [-0.2, -0.15) is 0 Å². The highest BCUT2D eigenvalue weighted by Gasteiger charge is 1.95. The lowest BCUT2D eigenvalue weighted by Gasteiger charge is -2.05. The van der Waals surface area contributed by atoms with E-state index in [4.69, 9.17) is 0 Å². The summed E-state index contributed by atoms with van der Waals surface area (Å²) in [5.74, 6) is 1.70. The van der Waals surface area contributed by atoms with E-state index in [1.807, 2.05) is 48.5 Å². The maximum absolute atomic E-state index is 3.36. The Kier molecular flexibility index (Phi) is 96.0. The fraction of sp³-hybridized carbons (Fsp3) is 0.867. The molecule has 0 aliphatic heterocycles. The quantitative estimate of drug-likeness (QED) is 0.437. The minimum Gasteiger partial charge on any atom is -0.103 e. The second-order valence-corrected chi connectivity index (χ2v) is 2.90. The summed E-state index contributed by atoms with van der Waals surface area (Å²) in [6.07, 6.45) is 1.75. The molecule has 0 bridgehead atoms. The molecule has 0 heteroatoms. The van der Waals surface area contributed by atoms with Gasteiger partial charge >= 0.3 is 0 Å². The fourth-order valence-electron chi connectivity index (χ4n) is 0. The van der Waals surface area contributed by atoms with Gasteiger partial charge in [0.2, 0.25) is 0 Å². The lowest BCUT2D eigenvalue weighted by atomic mass is 10.0. The standard InChI is InChI=1S/C6H14.C3H6.3C2H6/c1-5(2)6(3)4;1-3-2;3*1-2/h5-6H,1-4H3;3H,1H2,2H3;3*1-2H3. The van der Waals surface area contributed by atoms with Crippen LogP contribution < -0.4 is 0 Å². The Morgan fingerprint density at radius 3 is 0.733 bits per heavy atom. The normalized spacial score (nSPS) is 6.47. The molecule has 0 aliphatic rings. The molecule has 0 aromatic heterocycles. The van der Waals surface area contributed by atoms with Crippen molar-refractivity contribution in [2.45, 2.75) is 76.2 Å². The van der Waals surface area contributed by atoms with Crippen molar-refractivity contribution in [2.24, 2.45) is 11.8 Å². The van der Waals surface area contributed by atoms with Gasteiger partial charge in [-0.25, -0.2) is 0 Å². The van der Waals surface area contributed by atoms with Crippen molar-refractivity contribution < 1.29 is 0 Å². The molecule has 0 aliphatic carbocycles. The van der Waals surface area contributed by atoms with Gasteiger partial charge in [0.25, 0.3) is 0 Å². The predicted molar refractivity (Wildman–Crippen MR) is 79.6 cm³/mol. The smallest absolute Gasteiger partial charge is 0.0448 e. The Labute approximate surface area is 101 Å². The lowest BCUT2D eigenvalue weighted by molar-refractivity contribution is 0.457. The van der Waals surface area contributed by atoms with Crippen LogP contribution in [0.5, 0.6) is 0 Å². The summed E-state index contributed by atoms with van der Waals surface area (Å²) in [6, 6.07) is 0. The highest BCUT2D eigenvalue weighted by Crippen LogP contribution is 2.05. The Morgan fingerprint density at radius 2 is 0.733 bits per heavy atom. The van der Waals surface area contributed by atoms with Crippen molar-refractivity contribution in [3.05, 3.63) is 12.7 Å². The largest absolute Gasteiger partial charge is 0.103 e. The fourth-order valence-corrected chi connectivity index (χ4v) is 0. The molecular weight excluding hydrogens is 180 g/mol. The molecule has 0 N–H and O–H groups in total. The Bertz CT molecular complexity index is 45.1. The first-order valence-corrected chi connectivity index (χ1v) is 6.63. The minimum absolute atomic E-state index is 0.852. The van der Waals surface area contributed by atoms with E-state index in [1.54, 1.807) is 6.08 Å². The van der Waals surface area contributed by atoms with Crippen molar-refractivity contribution in [1.29, 1.82) is 0 Å². The van der Waals surface area contributed by atoms with Crippen LogP contribution in [0.1, 0.15) is 76.2 Å². The van der Waals surface area contributed by atoms with Crippen molar-refractivity contribution in [1.82, 2.24) is 0 Å². The molecule has 0 saturated heterocycles. The molecule has 0 saturated carbocycles. The Hall–Kier alpha value is -0.260. The van der Waals surface area contributed by atoms with Crippen molar-refractivity contribution in [3.63, 3.8) is 0 Å². The predicted octanol–water partition coefficient (Wildman–Crippen LogP) is 6.57. The van der Waals surface area contributed by atoms with Crippen LogP contribution in [0.4, 0.5) is 0 Å². The third-order valence-corrected chi connectivity index (χ3v) is 1.33. The summed E-state index contributed by atoms with van der Waals surface area (Å²) in [6.45, 7) is 26.2. The molecule has 0 spiro atoms. The van der Waals surface area contributed by atoms with Gasteiger partial charge < -0.3 is 0 Å². The topological polar surface area (TPSA) is 0 Å². The van der Waals surface area contributed by atoms with Gasteiger partial charge in [0.1, 0.15) is 0 Å². The molecule has 0 aromatic carbocycles. The molecule has 0 fully saturated rings. The SMILES string of the molecule is C=CC.CC.CC.CC.CC(C)C(C)C. The number of rotatable bonds is 1. The summed E-state index contributed by atoms with van der Waals surface area (Å²) in [7, 11) is 0.